The smallest absolute Gasteiger partial charge is 0.108 e. The number of nitrogens with zero attached hydrogens (tertiary/aromatic N) is 2. The van der Waals surface area contributed by atoms with Crippen LogP contribution in [0.25, 0.3) is 0 Å². The van der Waals surface area contributed by atoms with Crippen molar-refractivity contribution in [2.24, 2.45) is 5.92 Å². The number of rotatable bonds is 5. The lowest BCUT2D eigenvalue weighted by molar-refractivity contribution is 0.402. The number of fused-ring (bicyclic) bond motifs is 1. The van der Waals surface area contributed by atoms with Crippen LogP contribution in [0.2, 0.25) is 0 Å². The van der Waals surface area contributed by atoms with E-state index in [-0.39, 0.29) is 0 Å². The lowest BCUT2D eigenvalue weighted by atomic mass is 10.0. The molecule has 0 aromatic carbocycles. The van der Waals surface area contributed by atoms with E-state index in [1.54, 1.807) is 0 Å². The first-order valence-corrected chi connectivity index (χ1v) is 7.07. The molecule has 0 radical (unpaired) electrons. The van der Waals surface area contributed by atoms with Crippen molar-refractivity contribution in [2.45, 2.75) is 59.5 Å². The minimum absolute atomic E-state index is 0.800. The van der Waals surface area contributed by atoms with Gasteiger partial charge in [-0.25, -0.2) is 4.98 Å². The van der Waals surface area contributed by atoms with E-state index in [9.17, 15) is 0 Å². The third kappa shape index (κ3) is 2.54. The predicted octanol–water partition coefficient (Wildman–Crippen LogP) is 2.53. The highest BCUT2D eigenvalue weighted by molar-refractivity contribution is 5.20. The van der Waals surface area contributed by atoms with Gasteiger partial charge in [0.1, 0.15) is 5.82 Å². The fraction of sp³-hybridized carbons (Fsp3) is 0.786. The average molecular weight is 235 g/mol. The number of hydrogen-bond donors (Lipinski definition) is 1. The van der Waals surface area contributed by atoms with Crippen molar-refractivity contribution in [3.63, 3.8) is 0 Å². The second kappa shape index (κ2) is 5.67. The second-order valence-electron chi connectivity index (χ2n) is 4.99. The van der Waals surface area contributed by atoms with Crippen molar-refractivity contribution in [3.8, 4) is 0 Å². The third-order valence-corrected chi connectivity index (χ3v) is 3.98. The second-order valence-corrected chi connectivity index (χ2v) is 4.99. The average Bonchev–Trinajstić information content (AvgIpc) is 2.73. The largest absolute Gasteiger partial charge is 0.331 e. The molecule has 0 unspecified atom stereocenters. The molecule has 0 amide bonds. The van der Waals surface area contributed by atoms with Gasteiger partial charge in [-0.05, 0) is 5.92 Å². The SMILES string of the molecule is CCc1nc2c(n1CC(CC)CC)CCNC2. The molecule has 0 fully saturated rings. The molecule has 2 rings (SSSR count). The maximum Gasteiger partial charge on any atom is 0.108 e. The molecule has 0 aliphatic carbocycles. The molecule has 1 aromatic rings. The van der Waals surface area contributed by atoms with Gasteiger partial charge in [0.25, 0.3) is 0 Å². The van der Waals surface area contributed by atoms with Gasteiger partial charge in [0.2, 0.25) is 0 Å². The highest BCUT2D eigenvalue weighted by Crippen LogP contribution is 2.20. The molecule has 96 valence electrons. The monoisotopic (exact) mass is 235 g/mol. The van der Waals surface area contributed by atoms with Crippen LogP contribution in [0.15, 0.2) is 0 Å². The summed E-state index contributed by atoms with van der Waals surface area (Å²) in [6.45, 7) is 10.0. The quantitative estimate of drug-likeness (QED) is 0.850. The van der Waals surface area contributed by atoms with Gasteiger partial charge in [0, 0.05) is 38.2 Å². The third-order valence-electron chi connectivity index (χ3n) is 3.98. The van der Waals surface area contributed by atoms with Crippen molar-refractivity contribution < 1.29 is 0 Å². The van der Waals surface area contributed by atoms with E-state index in [0.717, 1.165) is 31.8 Å². The maximum atomic E-state index is 4.79. The van der Waals surface area contributed by atoms with Gasteiger partial charge in [0.05, 0.1) is 5.69 Å². The Morgan fingerprint density at radius 2 is 2.06 bits per heavy atom. The lowest BCUT2D eigenvalue weighted by Gasteiger charge is -2.20. The summed E-state index contributed by atoms with van der Waals surface area (Å²) >= 11 is 0. The number of imidazole rings is 1. The molecule has 0 bridgehead atoms. The van der Waals surface area contributed by atoms with Crippen molar-refractivity contribution in [1.29, 1.82) is 0 Å². The summed E-state index contributed by atoms with van der Waals surface area (Å²) in [5.74, 6) is 2.08. The van der Waals surface area contributed by atoms with E-state index in [0.29, 0.717) is 0 Å². The standard InChI is InChI=1S/C14H25N3/c1-4-11(5-2)10-17-13-7-8-15-9-12(13)16-14(17)6-3/h11,15H,4-10H2,1-3H3. The van der Waals surface area contributed by atoms with Crippen molar-refractivity contribution in [1.82, 2.24) is 14.9 Å². The van der Waals surface area contributed by atoms with Gasteiger partial charge in [-0.3, -0.25) is 0 Å². The number of aromatic nitrogens is 2. The number of hydrogen-bond acceptors (Lipinski definition) is 2. The van der Waals surface area contributed by atoms with Crippen LogP contribution in [0.1, 0.15) is 50.8 Å². The van der Waals surface area contributed by atoms with E-state index in [2.05, 4.69) is 30.7 Å². The van der Waals surface area contributed by atoms with E-state index in [4.69, 9.17) is 4.98 Å². The zero-order valence-electron chi connectivity index (χ0n) is 11.4. The van der Waals surface area contributed by atoms with Crippen LogP contribution in [0, 0.1) is 5.92 Å². The van der Waals surface area contributed by atoms with Crippen molar-refractivity contribution in [2.75, 3.05) is 6.54 Å². The molecule has 17 heavy (non-hydrogen) atoms. The molecule has 3 nitrogen and oxygen atoms in total. The van der Waals surface area contributed by atoms with Gasteiger partial charge in [-0.15, -0.1) is 0 Å². The van der Waals surface area contributed by atoms with E-state index >= 15 is 0 Å². The van der Waals surface area contributed by atoms with Crippen LogP contribution >= 0.6 is 0 Å². The van der Waals surface area contributed by atoms with Crippen LogP contribution in [0.3, 0.4) is 0 Å². The molecule has 0 saturated heterocycles. The minimum Gasteiger partial charge on any atom is -0.331 e. The maximum absolute atomic E-state index is 4.79. The van der Waals surface area contributed by atoms with Crippen molar-refractivity contribution >= 4 is 0 Å². The highest BCUT2D eigenvalue weighted by Gasteiger charge is 2.20. The summed E-state index contributed by atoms with van der Waals surface area (Å²) in [5, 5.41) is 3.41. The summed E-state index contributed by atoms with van der Waals surface area (Å²) < 4.78 is 2.51. The minimum atomic E-state index is 0.800. The molecule has 1 aliphatic rings. The molecule has 1 aromatic heterocycles. The molecule has 0 saturated carbocycles. The fourth-order valence-electron chi connectivity index (χ4n) is 2.72. The Kier molecular flexibility index (Phi) is 4.21. The van der Waals surface area contributed by atoms with Crippen LogP contribution in [-0.2, 0) is 25.9 Å². The zero-order valence-corrected chi connectivity index (χ0v) is 11.4. The Balaban J connectivity index is 2.27. The Morgan fingerprint density at radius 1 is 1.29 bits per heavy atom. The molecular weight excluding hydrogens is 210 g/mol. The summed E-state index contributed by atoms with van der Waals surface area (Å²) in [4.78, 5) is 4.79. The van der Waals surface area contributed by atoms with E-state index < -0.39 is 0 Å². The van der Waals surface area contributed by atoms with Crippen molar-refractivity contribution in [3.05, 3.63) is 17.2 Å². The zero-order chi connectivity index (χ0) is 12.3. The highest BCUT2D eigenvalue weighted by atomic mass is 15.1. The molecule has 3 heteroatoms. The van der Waals surface area contributed by atoms with Gasteiger partial charge in [-0.1, -0.05) is 33.6 Å². The lowest BCUT2D eigenvalue weighted by Crippen LogP contribution is -2.26. The van der Waals surface area contributed by atoms with Crippen LogP contribution in [0.4, 0.5) is 0 Å². The summed E-state index contributed by atoms with van der Waals surface area (Å²) in [6.07, 6.45) is 4.73. The van der Waals surface area contributed by atoms with Crippen LogP contribution in [0.5, 0.6) is 0 Å². The van der Waals surface area contributed by atoms with Crippen LogP contribution in [-0.4, -0.2) is 16.1 Å². The summed E-state index contributed by atoms with van der Waals surface area (Å²) in [6, 6.07) is 0. The molecule has 1 aliphatic heterocycles. The molecule has 0 spiro atoms. The summed E-state index contributed by atoms with van der Waals surface area (Å²) in [7, 11) is 0. The van der Waals surface area contributed by atoms with Gasteiger partial charge >= 0.3 is 0 Å². The normalized spacial score (nSPS) is 15.3. The number of aryl methyl sites for hydroxylation is 1. The molecular formula is C14H25N3. The van der Waals surface area contributed by atoms with Gasteiger partial charge in [-0.2, -0.15) is 0 Å². The molecule has 2 heterocycles. The molecule has 1 N–H and O–H groups in total. The fourth-order valence-corrected chi connectivity index (χ4v) is 2.72. The van der Waals surface area contributed by atoms with E-state index in [1.807, 2.05) is 0 Å². The number of nitrogens with one attached hydrogen (secondary N) is 1. The Labute approximate surface area is 105 Å². The van der Waals surface area contributed by atoms with E-state index in [1.165, 1.54) is 36.6 Å². The first-order valence-electron chi connectivity index (χ1n) is 7.07. The van der Waals surface area contributed by atoms with Gasteiger partial charge < -0.3 is 9.88 Å². The predicted molar refractivity (Wildman–Crippen MR) is 71.1 cm³/mol. The van der Waals surface area contributed by atoms with Crippen LogP contribution < -0.4 is 5.32 Å². The Morgan fingerprint density at radius 3 is 2.71 bits per heavy atom. The topological polar surface area (TPSA) is 29.9 Å². The van der Waals surface area contributed by atoms with Gasteiger partial charge in [0.15, 0.2) is 0 Å². The summed E-state index contributed by atoms with van der Waals surface area (Å²) in [5.41, 5.74) is 2.78. The Hall–Kier alpha value is -0.830. The first kappa shape index (κ1) is 12.6. The molecule has 0 atom stereocenters. The first-order chi connectivity index (χ1) is 8.30. The Bertz CT molecular complexity index is 364.